The Balaban J connectivity index is 2.61. The van der Waals surface area contributed by atoms with Crippen molar-refractivity contribution in [1.82, 2.24) is 10.6 Å². The number of carboxylic acid groups (broad SMARTS) is 1. The van der Waals surface area contributed by atoms with Crippen LogP contribution in [0.25, 0.3) is 0 Å². The minimum Gasteiger partial charge on any atom is -0.480 e. The van der Waals surface area contributed by atoms with Gasteiger partial charge >= 0.3 is 12.0 Å². The molecule has 0 aliphatic rings. The summed E-state index contributed by atoms with van der Waals surface area (Å²) in [4.78, 5) is 22.7. The molecule has 0 heterocycles. The van der Waals surface area contributed by atoms with Crippen LogP contribution in [-0.4, -0.2) is 29.2 Å². The second-order valence-electron chi connectivity index (χ2n) is 4.22. The fourth-order valence-corrected chi connectivity index (χ4v) is 1.52. The Kier molecular flexibility index (Phi) is 5.60. The van der Waals surface area contributed by atoms with Gasteiger partial charge in [0.1, 0.15) is 6.04 Å². The van der Waals surface area contributed by atoms with E-state index in [0.717, 1.165) is 5.56 Å². The monoisotopic (exact) mass is 262 g/mol. The molecule has 0 radical (unpaired) electrons. The van der Waals surface area contributed by atoms with Gasteiger partial charge in [0.25, 0.3) is 0 Å². The number of carboxylic acids is 1. The van der Waals surface area contributed by atoms with Gasteiger partial charge < -0.3 is 15.7 Å². The Bertz CT molecular complexity index is 445. The fourth-order valence-electron chi connectivity index (χ4n) is 1.52. The largest absolute Gasteiger partial charge is 0.480 e. The van der Waals surface area contributed by atoms with Gasteiger partial charge in [-0.2, -0.15) is 0 Å². The average molecular weight is 262 g/mol. The van der Waals surface area contributed by atoms with Gasteiger partial charge in [0.15, 0.2) is 0 Å². The van der Waals surface area contributed by atoms with E-state index in [9.17, 15) is 9.59 Å². The molecule has 0 aliphatic carbocycles. The number of urea groups is 1. The first-order chi connectivity index (χ1) is 9.02. The van der Waals surface area contributed by atoms with Crippen molar-refractivity contribution in [3.05, 3.63) is 48.6 Å². The summed E-state index contributed by atoms with van der Waals surface area (Å²) in [6, 6.07) is 7.46. The molecular formula is C14H18N2O3. The summed E-state index contributed by atoms with van der Waals surface area (Å²) >= 11 is 0. The van der Waals surface area contributed by atoms with Gasteiger partial charge in [0, 0.05) is 12.5 Å². The third-order valence-electron chi connectivity index (χ3n) is 2.60. The minimum atomic E-state index is -1.06. The van der Waals surface area contributed by atoms with E-state index in [1.807, 2.05) is 30.3 Å². The minimum absolute atomic E-state index is 0.217. The fraction of sp³-hybridized carbons (Fsp3) is 0.286. The maximum absolute atomic E-state index is 11.6. The van der Waals surface area contributed by atoms with E-state index in [4.69, 9.17) is 5.11 Å². The Labute approximate surface area is 112 Å². The Morgan fingerprint density at radius 3 is 2.47 bits per heavy atom. The SMILES string of the molecule is C=CC(C)NC(=O)NC(Cc1ccccc1)C(=O)O. The van der Waals surface area contributed by atoms with E-state index < -0.39 is 18.0 Å². The molecule has 19 heavy (non-hydrogen) atoms. The van der Waals surface area contributed by atoms with Crippen molar-refractivity contribution < 1.29 is 14.7 Å². The predicted octanol–water partition coefficient (Wildman–Crippen LogP) is 1.56. The van der Waals surface area contributed by atoms with Crippen molar-refractivity contribution >= 4 is 12.0 Å². The molecule has 5 heteroatoms. The van der Waals surface area contributed by atoms with Crippen molar-refractivity contribution in [3.8, 4) is 0 Å². The number of nitrogens with one attached hydrogen (secondary N) is 2. The standard InChI is InChI=1S/C14H18N2O3/c1-3-10(2)15-14(19)16-12(13(17)18)9-11-7-5-4-6-8-11/h3-8,10,12H,1,9H2,2H3,(H,17,18)(H2,15,16,19). The van der Waals surface area contributed by atoms with Crippen LogP contribution >= 0.6 is 0 Å². The molecule has 0 fully saturated rings. The Morgan fingerprint density at radius 1 is 1.32 bits per heavy atom. The number of hydrogen-bond acceptors (Lipinski definition) is 2. The van der Waals surface area contributed by atoms with Crippen LogP contribution in [0.1, 0.15) is 12.5 Å². The highest BCUT2D eigenvalue weighted by atomic mass is 16.4. The van der Waals surface area contributed by atoms with E-state index >= 15 is 0 Å². The molecule has 0 bridgehead atoms. The van der Waals surface area contributed by atoms with Crippen LogP contribution in [0.3, 0.4) is 0 Å². The van der Waals surface area contributed by atoms with E-state index in [1.165, 1.54) is 0 Å². The summed E-state index contributed by atoms with van der Waals surface area (Å²) in [5, 5.41) is 14.1. The number of carbonyl (C=O) groups is 2. The number of hydrogen-bond donors (Lipinski definition) is 3. The third-order valence-corrected chi connectivity index (χ3v) is 2.60. The molecule has 0 spiro atoms. The molecule has 3 N–H and O–H groups in total. The van der Waals surface area contributed by atoms with Crippen molar-refractivity contribution in [3.63, 3.8) is 0 Å². The van der Waals surface area contributed by atoms with Gasteiger partial charge in [-0.25, -0.2) is 9.59 Å². The molecule has 0 aliphatic heterocycles. The Hall–Kier alpha value is -2.30. The number of benzene rings is 1. The highest BCUT2D eigenvalue weighted by molar-refractivity contribution is 5.82. The average Bonchev–Trinajstić information content (AvgIpc) is 2.38. The lowest BCUT2D eigenvalue weighted by molar-refractivity contribution is -0.139. The lowest BCUT2D eigenvalue weighted by atomic mass is 10.1. The van der Waals surface area contributed by atoms with E-state index in [-0.39, 0.29) is 12.5 Å². The van der Waals surface area contributed by atoms with Crippen LogP contribution in [0, 0.1) is 0 Å². The van der Waals surface area contributed by atoms with Crippen molar-refractivity contribution in [2.24, 2.45) is 0 Å². The number of amides is 2. The lowest BCUT2D eigenvalue weighted by Crippen LogP contribution is -2.48. The molecule has 0 saturated heterocycles. The van der Waals surface area contributed by atoms with Gasteiger partial charge in [-0.05, 0) is 12.5 Å². The lowest BCUT2D eigenvalue weighted by Gasteiger charge is -2.16. The molecule has 5 nitrogen and oxygen atoms in total. The smallest absolute Gasteiger partial charge is 0.326 e. The zero-order chi connectivity index (χ0) is 14.3. The summed E-state index contributed by atoms with van der Waals surface area (Å²) < 4.78 is 0. The van der Waals surface area contributed by atoms with Crippen molar-refractivity contribution in [2.75, 3.05) is 0 Å². The van der Waals surface area contributed by atoms with Crippen molar-refractivity contribution in [2.45, 2.75) is 25.4 Å². The van der Waals surface area contributed by atoms with Gasteiger partial charge in [-0.15, -0.1) is 6.58 Å². The number of aliphatic carboxylic acids is 1. The molecule has 102 valence electrons. The topological polar surface area (TPSA) is 78.4 Å². The van der Waals surface area contributed by atoms with Crippen LogP contribution < -0.4 is 10.6 Å². The van der Waals surface area contributed by atoms with Crippen LogP contribution in [0.4, 0.5) is 4.79 Å². The van der Waals surface area contributed by atoms with Crippen LogP contribution in [0.5, 0.6) is 0 Å². The molecule has 2 amide bonds. The number of rotatable bonds is 6. The second-order valence-corrected chi connectivity index (χ2v) is 4.22. The summed E-state index contributed by atoms with van der Waals surface area (Å²) in [6.45, 7) is 5.29. The molecule has 0 aromatic heterocycles. The maximum Gasteiger partial charge on any atom is 0.326 e. The van der Waals surface area contributed by atoms with Crippen molar-refractivity contribution in [1.29, 1.82) is 0 Å². The number of carbonyl (C=O) groups excluding carboxylic acids is 1. The molecule has 1 aromatic carbocycles. The molecule has 2 unspecified atom stereocenters. The predicted molar refractivity (Wildman–Crippen MR) is 72.9 cm³/mol. The van der Waals surface area contributed by atoms with E-state index in [0.29, 0.717) is 0 Å². The van der Waals surface area contributed by atoms with E-state index in [1.54, 1.807) is 13.0 Å². The normalized spacial score (nSPS) is 13.1. The van der Waals surface area contributed by atoms with Gasteiger partial charge in [0.05, 0.1) is 0 Å². The van der Waals surface area contributed by atoms with E-state index in [2.05, 4.69) is 17.2 Å². The Morgan fingerprint density at radius 2 is 1.95 bits per heavy atom. The first-order valence-corrected chi connectivity index (χ1v) is 5.99. The first-order valence-electron chi connectivity index (χ1n) is 5.99. The highest BCUT2D eigenvalue weighted by Crippen LogP contribution is 2.03. The van der Waals surface area contributed by atoms with Gasteiger partial charge in [-0.3, -0.25) is 0 Å². The van der Waals surface area contributed by atoms with Crippen LogP contribution in [0.2, 0.25) is 0 Å². The zero-order valence-corrected chi connectivity index (χ0v) is 10.8. The van der Waals surface area contributed by atoms with Crippen LogP contribution in [0.15, 0.2) is 43.0 Å². The van der Waals surface area contributed by atoms with Gasteiger partial charge in [0.2, 0.25) is 0 Å². The summed E-state index contributed by atoms with van der Waals surface area (Å²) in [6.07, 6.45) is 1.80. The molecular weight excluding hydrogens is 244 g/mol. The van der Waals surface area contributed by atoms with Gasteiger partial charge in [-0.1, -0.05) is 36.4 Å². The molecule has 2 atom stereocenters. The third kappa shape index (κ3) is 5.25. The second kappa shape index (κ2) is 7.20. The maximum atomic E-state index is 11.6. The zero-order valence-electron chi connectivity index (χ0n) is 10.8. The molecule has 0 saturated carbocycles. The highest BCUT2D eigenvalue weighted by Gasteiger charge is 2.20. The first kappa shape index (κ1) is 14.8. The summed E-state index contributed by atoms with van der Waals surface area (Å²) in [7, 11) is 0. The summed E-state index contributed by atoms with van der Waals surface area (Å²) in [5.74, 6) is -1.06. The van der Waals surface area contributed by atoms with Crippen LogP contribution in [-0.2, 0) is 11.2 Å². The quantitative estimate of drug-likeness (QED) is 0.681. The summed E-state index contributed by atoms with van der Waals surface area (Å²) in [5.41, 5.74) is 0.854. The molecule has 1 rings (SSSR count). The molecule has 1 aromatic rings.